The number of hydrogen-bond acceptors (Lipinski definition) is 5. The van der Waals surface area contributed by atoms with Crippen LogP contribution in [0.1, 0.15) is 53.8 Å². The van der Waals surface area contributed by atoms with Crippen molar-refractivity contribution in [1.82, 2.24) is 20.3 Å². The highest BCUT2D eigenvalue weighted by atomic mass is 32.1. The van der Waals surface area contributed by atoms with E-state index in [1.165, 1.54) is 0 Å². The SMILES string of the molecule is Cc1nc(=O)[nH]c(C)c1CCC(=O)NCCc1csc(C(C)C)n1. The quantitative estimate of drug-likeness (QED) is 0.803. The molecule has 130 valence electrons. The van der Waals surface area contributed by atoms with E-state index in [1.54, 1.807) is 18.3 Å². The van der Waals surface area contributed by atoms with Gasteiger partial charge in [0.2, 0.25) is 5.91 Å². The van der Waals surface area contributed by atoms with Crippen molar-refractivity contribution in [3.05, 3.63) is 43.5 Å². The summed E-state index contributed by atoms with van der Waals surface area (Å²) >= 11 is 1.67. The lowest BCUT2D eigenvalue weighted by Crippen LogP contribution is -2.26. The average Bonchev–Trinajstić information content (AvgIpc) is 2.95. The van der Waals surface area contributed by atoms with E-state index in [9.17, 15) is 9.59 Å². The fourth-order valence-corrected chi connectivity index (χ4v) is 3.35. The summed E-state index contributed by atoms with van der Waals surface area (Å²) < 4.78 is 0. The molecule has 0 radical (unpaired) electrons. The Hall–Kier alpha value is -2.02. The number of aryl methyl sites for hydroxylation is 2. The first-order valence-electron chi connectivity index (χ1n) is 8.14. The average molecular weight is 348 g/mol. The second-order valence-corrected chi connectivity index (χ2v) is 7.05. The van der Waals surface area contributed by atoms with Gasteiger partial charge in [0.25, 0.3) is 0 Å². The largest absolute Gasteiger partial charge is 0.356 e. The Balaban J connectivity index is 1.78. The molecule has 6 nitrogen and oxygen atoms in total. The van der Waals surface area contributed by atoms with Gasteiger partial charge in [0.05, 0.1) is 10.7 Å². The van der Waals surface area contributed by atoms with Crippen molar-refractivity contribution < 1.29 is 4.79 Å². The molecular weight excluding hydrogens is 324 g/mol. The topological polar surface area (TPSA) is 87.7 Å². The summed E-state index contributed by atoms with van der Waals surface area (Å²) in [6.45, 7) is 8.46. The van der Waals surface area contributed by atoms with E-state index in [0.717, 1.165) is 28.4 Å². The fourth-order valence-electron chi connectivity index (χ4n) is 2.48. The first kappa shape index (κ1) is 18.3. The van der Waals surface area contributed by atoms with Crippen LogP contribution in [0.2, 0.25) is 0 Å². The van der Waals surface area contributed by atoms with E-state index in [1.807, 2.05) is 6.92 Å². The minimum atomic E-state index is -0.345. The Kier molecular flexibility index (Phi) is 6.25. The molecule has 0 aliphatic carbocycles. The zero-order chi connectivity index (χ0) is 17.7. The smallest absolute Gasteiger partial charge is 0.345 e. The van der Waals surface area contributed by atoms with Gasteiger partial charge in [-0.25, -0.2) is 9.78 Å². The predicted octanol–water partition coefficient (Wildman–Crippen LogP) is 2.26. The normalized spacial score (nSPS) is 11.0. The van der Waals surface area contributed by atoms with Gasteiger partial charge in [0, 0.05) is 42.1 Å². The highest BCUT2D eigenvalue weighted by molar-refractivity contribution is 7.09. The molecule has 2 aromatic rings. The van der Waals surface area contributed by atoms with Crippen LogP contribution in [0.25, 0.3) is 0 Å². The van der Waals surface area contributed by atoms with Crippen LogP contribution < -0.4 is 11.0 Å². The molecule has 0 aliphatic heterocycles. The molecule has 7 heteroatoms. The Morgan fingerprint density at radius 2 is 2.04 bits per heavy atom. The maximum atomic E-state index is 12.0. The van der Waals surface area contributed by atoms with Crippen molar-refractivity contribution in [2.24, 2.45) is 0 Å². The predicted molar refractivity (Wildman–Crippen MR) is 95.6 cm³/mol. The summed E-state index contributed by atoms with van der Waals surface area (Å²) in [5.74, 6) is 0.440. The number of amides is 1. The van der Waals surface area contributed by atoms with Crippen LogP contribution in [0.5, 0.6) is 0 Å². The van der Waals surface area contributed by atoms with Crippen molar-refractivity contribution in [2.75, 3.05) is 6.54 Å². The summed E-state index contributed by atoms with van der Waals surface area (Å²) in [7, 11) is 0. The second-order valence-electron chi connectivity index (χ2n) is 6.16. The standard InChI is InChI=1S/C17H24N4O2S/c1-10(2)16-21-13(9-24-16)7-8-18-15(22)6-5-14-11(3)19-17(23)20-12(14)4/h9-10H,5-8H2,1-4H3,(H,18,22)(H,19,20,23). The molecule has 2 heterocycles. The minimum Gasteiger partial charge on any atom is -0.356 e. The number of carbonyl (C=O) groups is 1. The molecule has 0 bridgehead atoms. The first-order valence-corrected chi connectivity index (χ1v) is 9.02. The summed E-state index contributed by atoms with van der Waals surface area (Å²) in [6.07, 6.45) is 1.69. The van der Waals surface area contributed by atoms with Crippen molar-refractivity contribution in [3.63, 3.8) is 0 Å². The maximum Gasteiger partial charge on any atom is 0.345 e. The van der Waals surface area contributed by atoms with Crippen molar-refractivity contribution in [1.29, 1.82) is 0 Å². The Labute approximate surface area is 145 Å². The molecule has 0 aliphatic rings. The van der Waals surface area contributed by atoms with E-state index >= 15 is 0 Å². The zero-order valence-electron chi connectivity index (χ0n) is 14.6. The summed E-state index contributed by atoms with van der Waals surface area (Å²) in [5, 5.41) is 6.11. The van der Waals surface area contributed by atoms with Crippen LogP contribution in [-0.4, -0.2) is 27.4 Å². The molecule has 24 heavy (non-hydrogen) atoms. The van der Waals surface area contributed by atoms with Crippen LogP contribution in [0, 0.1) is 13.8 Å². The molecule has 0 saturated heterocycles. The summed E-state index contributed by atoms with van der Waals surface area (Å²) in [5.41, 5.74) is 3.09. The first-order chi connectivity index (χ1) is 11.4. The monoisotopic (exact) mass is 348 g/mol. The zero-order valence-corrected chi connectivity index (χ0v) is 15.4. The Bertz CT molecular complexity index is 738. The van der Waals surface area contributed by atoms with Crippen LogP contribution in [0.3, 0.4) is 0 Å². The lowest BCUT2D eigenvalue weighted by molar-refractivity contribution is -0.121. The Morgan fingerprint density at radius 1 is 1.29 bits per heavy atom. The third kappa shape index (κ3) is 4.99. The number of nitrogens with zero attached hydrogens (tertiary/aromatic N) is 2. The number of aromatic nitrogens is 3. The van der Waals surface area contributed by atoms with Gasteiger partial charge in [-0.1, -0.05) is 13.8 Å². The summed E-state index contributed by atoms with van der Waals surface area (Å²) in [4.78, 5) is 34.4. The van der Waals surface area contributed by atoms with Gasteiger partial charge < -0.3 is 10.3 Å². The number of nitrogens with one attached hydrogen (secondary N) is 2. The van der Waals surface area contributed by atoms with Gasteiger partial charge in [-0.2, -0.15) is 4.98 Å². The van der Waals surface area contributed by atoms with Gasteiger partial charge in [0.1, 0.15) is 0 Å². The van der Waals surface area contributed by atoms with Crippen LogP contribution in [0.4, 0.5) is 0 Å². The van der Waals surface area contributed by atoms with Crippen molar-refractivity contribution >= 4 is 17.2 Å². The second kappa shape index (κ2) is 8.19. The van der Waals surface area contributed by atoms with Gasteiger partial charge in [-0.15, -0.1) is 11.3 Å². The third-order valence-electron chi connectivity index (χ3n) is 3.82. The molecule has 2 N–H and O–H groups in total. The Morgan fingerprint density at radius 3 is 2.67 bits per heavy atom. The van der Waals surface area contributed by atoms with Gasteiger partial charge in [-0.05, 0) is 25.8 Å². The molecule has 2 aromatic heterocycles. The van der Waals surface area contributed by atoms with Crippen LogP contribution in [-0.2, 0) is 17.6 Å². The fraction of sp³-hybridized carbons (Fsp3) is 0.529. The highest BCUT2D eigenvalue weighted by Gasteiger charge is 2.10. The van der Waals surface area contributed by atoms with E-state index < -0.39 is 0 Å². The summed E-state index contributed by atoms with van der Waals surface area (Å²) in [6, 6.07) is 0. The third-order valence-corrected chi connectivity index (χ3v) is 5.02. The molecule has 0 spiro atoms. The van der Waals surface area contributed by atoms with Gasteiger partial charge in [0.15, 0.2) is 0 Å². The number of hydrogen-bond donors (Lipinski definition) is 2. The number of H-pyrrole nitrogens is 1. The molecule has 0 unspecified atom stereocenters. The number of thiazole rings is 1. The molecule has 0 atom stereocenters. The highest BCUT2D eigenvalue weighted by Crippen LogP contribution is 2.19. The maximum absolute atomic E-state index is 12.0. The molecule has 0 aromatic carbocycles. The number of carbonyl (C=O) groups excluding carboxylic acids is 1. The van der Waals surface area contributed by atoms with E-state index in [2.05, 4.69) is 39.5 Å². The van der Waals surface area contributed by atoms with Crippen LogP contribution >= 0.6 is 11.3 Å². The molecule has 0 fully saturated rings. The molecule has 0 saturated carbocycles. The van der Waals surface area contributed by atoms with Crippen molar-refractivity contribution in [3.8, 4) is 0 Å². The van der Waals surface area contributed by atoms with Gasteiger partial charge >= 0.3 is 5.69 Å². The number of rotatable bonds is 7. The molecular formula is C17H24N4O2S. The number of aromatic amines is 1. The lowest BCUT2D eigenvalue weighted by Gasteiger charge is -2.08. The van der Waals surface area contributed by atoms with E-state index in [0.29, 0.717) is 31.0 Å². The van der Waals surface area contributed by atoms with E-state index in [4.69, 9.17) is 0 Å². The minimum absolute atomic E-state index is 0.000636. The van der Waals surface area contributed by atoms with E-state index in [-0.39, 0.29) is 11.6 Å². The van der Waals surface area contributed by atoms with Gasteiger partial charge in [-0.3, -0.25) is 4.79 Å². The van der Waals surface area contributed by atoms with Crippen molar-refractivity contribution in [2.45, 2.75) is 52.9 Å². The molecule has 1 amide bonds. The molecule has 2 rings (SSSR count). The van der Waals surface area contributed by atoms with Crippen LogP contribution in [0.15, 0.2) is 10.2 Å². The lowest BCUT2D eigenvalue weighted by atomic mass is 10.1.